The molecule has 2 N–H and O–H groups in total. The molecule has 138 valence electrons. The molecule has 0 spiro atoms. The molecular weight excluding hydrogens is 332 g/mol. The monoisotopic (exact) mass is 356 g/mol. The van der Waals surface area contributed by atoms with Crippen LogP contribution in [0.5, 0.6) is 11.6 Å². The smallest absolute Gasteiger partial charge is 0.216 e. The van der Waals surface area contributed by atoms with Gasteiger partial charge in [0, 0.05) is 18.7 Å². The first-order valence-corrected chi connectivity index (χ1v) is 9.21. The van der Waals surface area contributed by atoms with Crippen LogP contribution in [-0.4, -0.2) is 44.6 Å². The quantitative estimate of drug-likeness (QED) is 0.871. The van der Waals surface area contributed by atoms with Crippen molar-refractivity contribution in [3.63, 3.8) is 0 Å². The second-order valence-electron chi connectivity index (χ2n) is 7.07. The average Bonchev–Trinajstić information content (AvgIpc) is 2.90. The molecule has 1 fully saturated rings. The molecule has 0 unspecified atom stereocenters. The third-order valence-electron chi connectivity index (χ3n) is 5.23. The van der Waals surface area contributed by atoms with Crippen LogP contribution >= 0.6 is 0 Å². The molecule has 1 aromatic carbocycles. The van der Waals surface area contributed by atoms with Gasteiger partial charge in [-0.1, -0.05) is 12.1 Å². The summed E-state index contributed by atoms with van der Waals surface area (Å²) in [5.74, 6) is 1.81. The van der Waals surface area contributed by atoms with Crippen LogP contribution < -0.4 is 9.47 Å². The number of hydrogen-bond acceptors (Lipinski definition) is 6. The van der Waals surface area contributed by atoms with E-state index in [0.29, 0.717) is 18.1 Å². The number of aliphatic hydroxyl groups is 2. The second-order valence-corrected chi connectivity index (χ2v) is 7.07. The van der Waals surface area contributed by atoms with Gasteiger partial charge in [-0.25, -0.2) is 4.98 Å². The Morgan fingerprint density at radius 3 is 2.58 bits per heavy atom. The normalized spacial score (nSPS) is 27.8. The molecule has 0 saturated heterocycles. The Hall–Kier alpha value is -2.18. The van der Waals surface area contributed by atoms with Crippen LogP contribution in [0.2, 0.25) is 0 Å². The molecule has 4 rings (SSSR count). The zero-order valence-corrected chi connectivity index (χ0v) is 14.8. The van der Waals surface area contributed by atoms with Gasteiger partial charge in [0.15, 0.2) is 0 Å². The summed E-state index contributed by atoms with van der Waals surface area (Å²) in [5.41, 5.74) is 2.56. The largest absolute Gasteiger partial charge is 0.487 e. The van der Waals surface area contributed by atoms with Gasteiger partial charge in [0.1, 0.15) is 36.0 Å². The molecule has 2 aliphatic rings. The van der Waals surface area contributed by atoms with Gasteiger partial charge in [-0.15, -0.1) is 0 Å². The molecule has 2 aromatic rings. The van der Waals surface area contributed by atoms with E-state index in [-0.39, 0.29) is 0 Å². The maximum Gasteiger partial charge on any atom is 0.216 e. The van der Waals surface area contributed by atoms with Crippen LogP contribution in [0.3, 0.4) is 0 Å². The Morgan fingerprint density at radius 2 is 1.77 bits per heavy atom. The number of hydrogen-bond donors (Lipinski definition) is 2. The number of fused-ring (bicyclic) bond motifs is 1. The third kappa shape index (κ3) is 3.39. The fourth-order valence-electron chi connectivity index (χ4n) is 3.86. The van der Waals surface area contributed by atoms with Crippen molar-refractivity contribution in [3.05, 3.63) is 47.4 Å². The Kier molecular flexibility index (Phi) is 4.78. The highest BCUT2D eigenvalue weighted by Gasteiger charge is 2.45. The van der Waals surface area contributed by atoms with Gasteiger partial charge < -0.3 is 19.7 Å². The summed E-state index contributed by atoms with van der Waals surface area (Å²) in [4.78, 5) is 8.23. The minimum absolute atomic E-state index is 0.395. The fourth-order valence-corrected chi connectivity index (χ4v) is 3.86. The van der Waals surface area contributed by atoms with Gasteiger partial charge >= 0.3 is 0 Å². The molecule has 6 nitrogen and oxygen atoms in total. The zero-order chi connectivity index (χ0) is 18.1. The van der Waals surface area contributed by atoms with Crippen LogP contribution in [0.15, 0.2) is 30.5 Å². The molecule has 0 bridgehead atoms. The maximum absolute atomic E-state index is 10.4. The zero-order valence-electron chi connectivity index (χ0n) is 14.8. The highest BCUT2D eigenvalue weighted by molar-refractivity contribution is 5.42. The standard InChI is InChI=1S/C20H24N2O4/c1-12-21-10-9-18(22-12)26-17-11-16(19(23)20(17)24)25-15-8-4-6-13-5-2-3-7-14(13)15/h4,6,8-10,16-17,19-20,23-24H,2-3,5,7,11H2,1H3/t16-,17+,19+,20-/m0/s1. The van der Waals surface area contributed by atoms with Gasteiger partial charge in [-0.05, 0) is 49.8 Å². The lowest BCUT2D eigenvalue weighted by molar-refractivity contribution is -0.0321. The molecule has 26 heavy (non-hydrogen) atoms. The van der Waals surface area contributed by atoms with E-state index >= 15 is 0 Å². The van der Waals surface area contributed by atoms with E-state index in [1.54, 1.807) is 19.2 Å². The predicted molar refractivity (Wildman–Crippen MR) is 95.3 cm³/mol. The first-order valence-electron chi connectivity index (χ1n) is 9.21. The lowest BCUT2D eigenvalue weighted by atomic mass is 9.91. The topological polar surface area (TPSA) is 84.7 Å². The van der Waals surface area contributed by atoms with E-state index in [1.165, 1.54) is 17.5 Å². The molecule has 0 radical (unpaired) electrons. The first kappa shape index (κ1) is 17.2. The van der Waals surface area contributed by atoms with E-state index in [4.69, 9.17) is 9.47 Å². The Bertz CT molecular complexity index is 782. The Labute approximate surface area is 152 Å². The second kappa shape index (κ2) is 7.21. The lowest BCUT2D eigenvalue weighted by Crippen LogP contribution is -2.36. The highest BCUT2D eigenvalue weighted by Crippen LogP contribution is 2.34. The molecule has 1 heterocycles. The van der Waals surface area contributed by atoms with Crippen LogP contribution in [0.1, 0.15) is 36.2 Å². The van der Waals surface area contributed by atoms with Crippen molar-refractivity contribution in [1.29, 1.82) is 0 Å². The van der Waals surface area contributed by atoms with E-state index in [1.807, 2.05) is 12.1 Å². The number of aliphatic hydroxyl groups excluding tert-OH is 2. The molecule has 1 saturated carbocycles. The lowest BCUT2D eigenvalue weighted by Gasteiger charge is -2.23. The average molecular weight is 356 g/mol. The van der Waals surface area contributed by atoms with Gasteiger partial charge in [-0.2, -0.15) is 4.98 Å². The Morgan fingerprint density at radius 1 is 1.00 bits per heavy atom. The number of aryl methyl sites for hydroxylation is 2. The number of aromatic nitrogens is 2. The summed E-state index contributed by atoms with van der Waals surface area (Å²) in [7, 11) is 0. The van der Waals surface area contributed by atoms with Crippen molar-refractivity contribution in [1.82, 2.24) is 9.97 Å². The number of nitrogens with zero attached hydrogens (tertiary/aromatic N) is 2. The van der Waals surface area contributed by atoms with Crippen LogP contribution in [-0.2, 0) is 12.8 Å². The maximum atomic E-state index is 10.4. The fraction of sp³-hybridized carbons (Fsp3) is 0.500. The van der Waals surface area contributed by atoms with Crippen LogP contribution in [0.25, 0.3) is 0 Å². The predicted octanol–water partition coefficient (Wildman–Crippen LogP) is 1.98. The van der Waals surface area contributed by atoms with Crippen LogP contribution in [0.4, 0.5) is 0 Å². The van der Waals surface area contributed by atoms with Gasteiger partial charge in [0.25, 0.3) is 0 Å². The summed E-state index contributed by atoms with van der Waals surface area (Å²) in [5, 5.41) is 20.8. The third-order valence-corrected chi connectivity index (χ3v) is 5.23. The highest BCUT2D eigenvalue weighted by atomic mass is 16.5. The number of ether oxygens (including phenoxy) is 2. The van der Waals surface area contributed by atoms with Crippen molar-refractivity contribution in [2.24, 2.45) is 0 Å². The van der Waals surface area contributed by atoms with Gasteiger partial charge in [-0.3, -0.25) is 0 Å². The summed E-state index contributed by atoms with van der Waals surface area (Å²) in [6.07, 6.45) is 3.34. The van der Waals surface area contributed by atoms with Crippen LogP contribution in [0, 0.1) is 6.92 Å². The SMILES string of the molecule is Cc1nccc(O[C@@H]2C[C@H](Oc3cccc4c3CCCC4)[C@@H](O)[C@H]2O)n1. The molecule has 0 aliphatic heterocycles. The van der Waals surface area contributed by atoms with E-state index in [9.17, 15) is 10.2 Å². The number of benzene rings is 1. The molecule has 4 atom stereocenters. The molecule has 2 aliphatic carbocycles. The summed E-state index contributed by atoms with van der Waals surface area (Å²) in [6, 6.07) is 7.73. The summed E-state index contributed by atoms with van der Waals surface area (Å²) in [6.45, 7) is 1.78. The number of rotatable bonds is 4. The van der Waals surface area contributed by atoms with Crippen molar-refractivity contribution in [3.8, 4) is 11.6 Å². The molecular formula is C20H24N2O4. The van der Waals surface area contributed by atoms with Crippen molar-refractivity contribution in [2.45, 2.75) is 63.4 Å². The summed E-state index contributed by atoms with van der Waals surface area (Å²) >= 11 is 0. The molecule has 6 heteroatoms. The van der Waals surface area contributed by atoms with Crippen molar-refractivity contribution < 1.29 is 19.7 Å². The van der Waals surface area contributed by atoms with Crippen molar-refractivity contribution >= 4 is 0 Å². The summed E-state index contributed by atoms with van der Waals surface area (Å²) < 4.78 is 11.9. The van der Waals surface area contributed by atoms with E-state index in [2.05, 4.69) is 16.0 Å². The minimum atomic E-state index is -1.02. The van der Waals surface area contributed by atoms with Gasteiger partial charge in [0.05, 0.1) is 0 Å². The van der Waals surface area contributed by atoms with Gasteiger partial charge in [0.2, 0.25) is 5.88 Å². The molecule has 0 amide bonds. The van der Waals surface area contributed by atoms with E-state index in [0.717, 1.165) is 25.0 Å². The van der Waals surface area contributed by atoms with Crippen molar-refractivity contribution in [2.75, 3.05) is 0 Å². The van der Waals surface area contributed by atoms with E-state index < -0.39 is 24.4 Å². The Balaban J connectivity index is 1.48. The minimum Gasteiger partial charge on any atom is -0.487 e. The molecule has 1 aromatic heterocycles. The first-order chi connectivity index (χ1) is 12.6.